The van der Waals surface area contributed by atoms with Crippen LogP contribution in [0.4, 0.5) is 0 Å². The Morgan fingerprint density at radius 3 is 1.75 bits per heavy atom. The Bertz CT molecular complexity index is 2680. The smallest absolute Gasteiger partial charge is 0.123 e. The molecule has 228 valence electrons. The molecule has 0 unspecified atom stereocenters. The van der Waals surface area contributed by atoms with E-state index in [1.807, 2.05) is 30.6 Å². The molecule has 0 spiro atoms. The van der Waals surface area contributed by atoms with Crippen LogP contribution in [0.25, 0.3) is 87.5 Å². The molecular formula is C44H30N2O2. The first-order chi connectivity index (χ1) is 23.7. The molecule has 4 heteroatoms. The molecule has 0 bridgehead atoms. The second-order valence-corrected chi connectivity index (χ2v) is 12.2. The summed E-state index contributed by atoms with van der Waals surface area (Å²) in [4.78, 5) is 9.81. The van der Waals surface area contributed by atoms with Gasteiger partial charge >= 0.3 is 0 Å². The zero-order valence-electron chi connectivity index (χ0n) is 26.6. The van der Waals surface area contributed by atoms with Gasteiger partial charge in [-0.2, -0.15) is 0 Å². The van der Waals surface area contributed by atoms with E-state index in [9.17, 15) is 0 Å². The molecule has 4 nitrogen and oxygen atoms in total. The third-order valence-electron chi connectivity index (χ3n) is 9.48. The van der Waals surface area contributed by atoms with Gasteiger partial charge in [0, 0.05) is 45.7 Å². The first kappa shape index (κ1) is 28.0. The maximum Gasteiger partial charge on any atom is 0.123 e. The molecule has 7 aromatic carbocycles. The van der Waals surface area contributed by atoms with Crippen molar-refractivity contribution in [3.63, 3.8) is 0 Å². The van der Waals surface area contributed by atoms with Gasteiger partial charge in [0.25, 0.3) is 0 Å². The fraction of sp³-hybridized carbons (Fsp3) is 0.0455. The van der Waals surface area contributed by atoms with Gasteiger partial charge in [-0.1, -0.05) is 91.0 Å². The van der Waals surface area contributed by atoms with Crippen LogP contribution in [0.5, 0.6) is 11.5 Å². The van der Waals surface area contributed by atoms with Crippen LogP contribution in [0.3, 0.4) is 0 Å². The van der Waals surface area contributed by atoms with Crippen LogP contribution in [0.15, 0.2) is 146 Å². The lowest BCUT2D eigenvalue weighted by molar-refractivity contribution is 0.394. The van der Waals surface area contributed by atoms with Crippen LogP contribution in [-0.4, -0.2) is 24.2 Å². The molecule has 0 aliphatic carbocycles. The molecular weight excluding hydrogens is 588 g/mol. The van der Waals surface area contributed by atoms with Crippen LogP contribution in [0, 0.1) is 0 Å². The molecule has 0 N–H and O–H groups in total. The molecule has 0 amide bonds. The standard InChI is InChI=1S/C44H30N2O2/c1-47-33-20-30(21-34(23-33)48-2)39-24-40-36-11-5-7-13-38(36)44-41(43(40)37-12-6-4-10-35(37)39)22-32(26-46-44)28-17-15-27(16-18-28)31-19-29-9-3-8-14-42(29)45-25-31/h3-26H,1-2H3. The molecule has 48 heavy (non-hydrogen) atoms. The monoisotopic (exact) mass is 618 g/mol. The minimum Gasteiger partial charge on any atom is -0.497 e. The summed E-state index contributed by atoms with van der Waals surface area (Å²) in [6.45, 7) is 0. The van der Waals surface area contributed by atoms with Crippen molar-refractivity contribution in [2.45, 2.75) is 0 Å². The van der Waals surface area contributed by atoms with Crippen LogP contribution in [0.2, 0.25) is 0 Å². The third-order valence-corrected chi connectivity index (χ3v) is 9.48. The summed E-state index contributed by atoms with van der Waals surface area (Å²) in [5.74, 6) is 1.52. The molecule has 0 fully saturated rings. The quantitative estimate of drug-likeness (QED) is 0.180. The van der Waals surface area contributed by atoms with E-state index in [1.165, 1.54) is 21.5 Å². The molecule has 0 aliphatic heterocycles. The number of para-hydroxylation sites is 1. The van der Waals surface area contributed by atoms with Crippen LogP contribution in [-0.2, 0) is 0 Å². The van der Waals surface area contributed by atoms with Gasteiger partial charge in [-0.3, -0.25) is 9.97 Å². The Labute approximate surface area is 277 Å². The van der Waals surface area contributed by atoms with Crippen molar-refractivity contribution in [3.05, 3.63) is 146 Å². The highest BCUT2D eigenvalue weighted by Crippen LogP contribution is 2.44. The van der Waals surface area contributed by atoms with Crippen molar-refractivity contribution in [2.75, 3.05) is 14.2 Å². The van der Waals surface area contributed by atoms with Crippen molar-refractivity contribution < 1.29 is 9.47 Å². The fourth-order valence-electron chi connectivity index (χ4n) is 7.12. The summed E-state index contributed by atoms with van der Waals surface area (Å²) in [5.41, 5.74) is 8.61. The number of hydrogen-bond donors (Lipinski definition) is 0. The Morgan fingerprint density at radius 1 is 0.417 bits per heavy atom. The minimum absolute atomic E-state index is 0.758. The van der Waals surface area contributed by atoms with E-state index in [4.69, 9.17) is 14.5 Å². The normalized spacial score (nSPS) is 11.5. The SMILES string of the molecule is COc1cc(OC)cc(-c2cc3c4ccccc4c4ncc(-c5ccc(-c6cnc7ccccc7c6)cc5)cc4c3c3ccccc23)c1. The van der Waals surface area contributed by atoms with Crippen molar-refractivity contribution in [1.82, 2.24) is 9.97 Å². The maximum atomic E-state index is 5.66. The number of fused-ring (bicyclic) bond motifs is 9. The Morgan fingerprint density at radius 2 is 1.02 bits per heavy atom. The maximum absolute atomic E-state index is 5.66. The van der Waals surface area contributed by atoms with Crippen molar-refractivity contribution in [3.8, 4) is 44.9 Å². The van der Waals surface area contributed by atoms with Gasteiger partial charge in [0.05, 0.1) is 25.3 Å². The lowest BCUT2D eigenvalue weighted by atomic mass is 9.88. The molecule has 9 aromatic rings. The summed E-state index contributed by atoms with van der Waals surface area (Å²) in [5, 5.41) is 9.31. The predicted octanol–water partition coefficient (Wildman–Crippen LogP) is 11.3. The number of nitrogens with zero attached hydrogens (tertiary/aromatic N) is 2. The van der Waals surface area contributed by atoms with Gasteiger partial charge < -0.3 is 9.47 Å². The number of hydrogen-bond acceptors (Lipinski definition) is 4. The van der Waals surface area contributed by atoms with Crippen LogP contribution in [0.1, 0.15) is 0 Å². The highest BCUT2D eigenvalue weighted by molar-refractivity contribution is 6.32. The first-order valence-electron chi connectivity index (χ1n) is 16.0. The highest BCUT2D eigenvalue weighted by Gasteiger charge is 2.17. The van der Waals surface area contributed by atoms with Gasteiger partial charge in [0.2, 0.25) is 0 Å². The number of benzene rings is 7. The largest absolute Gasteiger partial charge is 0.497 e. The summed E-state index contributed by atoms with van der Waals surface area (Å²) >= 11 is 0. The number of rotatable bonds is 5. The molecule has 0 aliphatic rings. The Hall–Kier alpha value is -6.26. The van der Waals surface area contributed by atoms with E-state index in [-0.39, 0.29) is 0 Å². The number of methoxy groups -OCH3 is 2. The van der Waals surface area contributed by atoms with E-state index in [2.05, 4.69) is 120 Å². The summed E-state index contributed by atoms with van der Waals surface area (Å²) in [6, 6.07) is 47.1. The fourth-order valence-corrected chi connectivity index (χ4v) is 7.12. The summed E-state index contributed by atoms with van der Waals surface area (Å²) in [6.07, 6.45) is 3.96. The molecule has 0 radical (unpaired) electrons. The van der Waals surface area contributed by atoms with Gasteiger partial charge in [0.15, 0.2) is 0 Å². The Kier molecular flexibility index (Phi) is 6.54. The minimum atomic E-state index is 0.758. The number of pyridine rings is 2. The highest BCUT2D eigenvalue weighted by atomic mass is 16.5. The molecule has 0 saturated carbocycles. The second-order valence-electron chi connectivity index (χ2n) is 12.2. The van der Waals surface area contributed by atoms with E-state index >= 15 is 0 Å². The molecule has 9 rings (SSSR count). The number of ether oxygens (including phenoxy) is 2. The van der Waals surface area contributed by atoms with Crippen molar-refractivity contribution in [2.24, 2.45) is 0 Å². The summed E-state index contributed by atoms with van der Waals surface area (Å²) in [7, 11) is 3.38. The average molecular weight is 619 g/mol. The zero-order valence-corrected chi connectivity index (χ0v) is 26.6. The van der Waals surface area contributed by atoms with E-state index in [0.717, 1.165) is 77.5 Å². The van der Waals surface area contributed by atoms with Crippen molar-refractivity contribution in [1.29, 1.82) is 0 Å². The zero-order chi connectivity index (χ0) is 32.2. The van der Waals surface area contributed by atoms with E-state index in [1.54, 1.807) is 14.2 Å². The summed E-state index contributed by atoms with van der Waals surface area (Å²) < 4.78 is 11.3. The topological polar surface area (TPSA) is 44.2 Å². The third kappa shape index (κ3) is 4.53. The molecule has 2 aromatic heterocycles. The van der Waals surface area contributed by atoms with Gasteiger partial charge in [-0.15, -0.1) is 0 Å². The van der Waals surface area contributed by atoms with Crippen LogP contribution >= 0.6 is 0 Å². The van der Waals surface area contributed by atoms with Gasteiger partial charge in [-0.05, 0) is 85.6 Å². The predicted molar refractivity (Wildman–Crippen MR) is 199 cm³/mol. The van der Waals surface area contributed by atoms with Gasteiger partial charge in [-0.25, -0.2) is 0 Å². The van der Waals surface area contributed by atoms with Crippen LogP contribution < -0.4 is 9.47 Å². The van der Waals surface area contributed by atoms with Crippen molar-refractivity contribution >= 4 is 54.1 Å². The Balaban J connectivity index is 1.27. The number of aromatic nitrogens is 2. The second kappa shape index (κ2) is 11.2. The van der Waals surface area contributed by atoms with Gasteiger partial charge in [0.1, 0.15) is 11.5 Å². The van der Waals surface area contributed by atoms with E-state index in [0.29, 0.717) is 0 Å². The lowest BCUT2D eigenvalue weighted by Crippen LogP contribution is -1.92. The molecule has 2 heterocycles. The molecule has 0 atom stereocenters. The van der Waals surface area contributed by atoms with E-state index < -0.39 is 0 Å². The average Bonchev–Trinajstić information content (AvgIpc) is 3.16. The first-order valence-corrected chi connectivity index (χ1v) is 16.0. The lowest BCUT2D eigenvalue weighted by Gasteiger charge is -2.17. The molecule has 0 saturated heterocycles.